The number of hydrogen-bond donors (Lipinski definition) is 2. The number of sulfonamides is 1. The molecule has 0 saturated carbocycles. The maximum Gasteiger partial charge on any atom is 0.241 e. The fraction of sp³-hybridized carbons (Fsp3) is 0.389. The van der Waals surface area contributed by atoms with Crippen molar-refractivity contribution in [3.8, 4) is 0 Å². The van der Waals surface area contributed by atoms with E-state index in [1.807, 2.05) is 0 Å². The molecule has 3 rings (SSSR count). The Bertz CT molecular complexity index is 846. The van der Waals surface area contributed by atoms with Crippen LogP contribution < -0.4 is 10.0 Å². The van der Waals surface area contributed by atoms with E-state index in [0.29, 0.717) is 23.9 Å². The van der Waals surface area contributed by atoms with E-state index in [1.165, 1.54) is 30.5 Å². The van der Waals surface area contributed by atoms with Crippen molar-refractivity contribution in [1.82, 2.24) is 10.0 Å². The van der Waals surface area contributed by atoms with Gasteiger partial charge in [0.15, 0.2) is 0 Å². The molecule has 2 atom stereocenters. The van der Waals surface area contributed by atoms with E-state index in [1.54, 1.807) is 12.1 Å². The lowest BCUT2D eigenvalue weighted by molar-refractivity contribution is -0.122. The lowest BCUT2D eigenvalue weighted by atomic mass is 10.1. The highest BCUT2D eigenvalue weighted by Gasteiger charge is 2.26. The Hall–Kier alpha value is -1.87. The molecule has 1 saturated heterocycles. The highest BCUT2D eigenvalue weighted by molar-refractivity contribution is 7.89. The second kappa shape index (κ2) is 8.88. The van der Waals surface area contributed by atoms with Crippen LogP contribution in [0.15, 0.2) is 52.0 Å². The molecule has 1 aliphatic heterocycles. The number of benzene rings is 1. The van der Waals surface area contributed by atoms with Crippen LogP contribution in [0.2, 0.25) is 5.02 Å². The molecule has 27 heavy (non-hydrogen) atoms. The summed E-state index contributed by atoms with van der Waals surface area (Å²) in [5, 5.41) is 3.23. The standard InChI is InChI=1S/C18H21ClN2O5S/c19-13-5-7-15(8-6-13)27(23,24)21-16(17-4-2-10-26-17)11-18(22)20-12-14-3-1-9-25-14/h2,4-8,10,14,16,21H,1,3,9,11-12H2,(H,20,22). The van der Waals surface area contributed by atoms with Crippen LogP contribution in [0.4, 0.5) is 0 Å². The quantitative estimate of drug-likeness (QED) is 0.694. The first kappa shape index (κ1) is 19.9. The molecule has 1 aromatic carbocycles. The largest absolute Gasteiger partial charge is 0.468 e. The molecule has 1 amide bonds. The molecule has 1 fully saturated rings. The minimum atomic E-state index is -3.85. The summed E-state index contributed by atoms with van der Waals surface area (Å²) in [5.41, 5.74) is 0. The Morgan fingerprint density at radius 1 is 1.26 bits per heavy atom. The number of nitrogens with one attached hydrogen (secondary N) is 2. The Labute approximate surface area is 163 Å². The molecule has 0 aliphatic carbocycles. The number of carbonyl (C=O) groups is 1. The third-order valence-corrected chi connectivity index (χ3v) is 5.99. The third-order valence-electron chi connectivity index (χ3n) is 4.25. The highest BCUT2D eigenvalue weighted by Crippen LogP contribution is 2.22. The minimum absolute atomic E-state index is 0.0155. The first-order valence-corrected chi connectivity index (χ1v) is 10.5. The molecular formula is C18H21ClN2O5S. The van der Waals surface area contributed by atoms with Gasteiger partial charge in [0.1, 0.15) is 5.76 Å². The second-order valence-electron chi connectivity index (χ2n) is 6.29. The summed E-state index contributed by atoms with van der Waals surface area (Å²) < 4.78 is 38.6. The average Bonchev–Trinajstić information content (AvgIpc) is 3.33. The Morgan fingerprint density at radius 3 is 2.67 bits per heavy atom. The van der Waals surface area contributed by atoms with Crippen LogP contribution in [-0.2, 0) is 19.6 Å². The van der Waals surface area contributed by atoms with Gasteiger partial charge >= 0.3 is 0 Å². The van der Waals surface area contributed by atoms with Gasteiger partial charge in [0.2, 0.25) is 15.9 Å². The smallest absolute Gasteiger partial charge is 0.241 e. The van der Waals surface area contributed by atoms with Crippen molar-refractivity contribution < 1.29 is 22.4 Å². The Balaban J connectivity index is 1.68. The zero-order valence-corrected chi connectivity index (χ0v) is 16.1. The number of ether oxygens (including phenoxy) is 1. The first-order chi connectivity index (χ1) is 12.9. The van der Waals surface area contributed by atoms with E-state index in [2.05, 4.69) is 10.0 Å². The summed E-state index contributed by atoms with van der Waals surface area (Å²) in [6.45, 7) is 1.12. The molecule has 9 heteroatoms. The van der Waals surface area contributed by atoms with E-state index in [9.17, 15) is 13.2 Å². The molecule has 0 spiro atoms. The molecule has 1 aliphatic rings. The van der Waals surface area contributed by atoms with Crippen LogP contribution in [0.5, 0.6) is 0 Å². The summed E-state index contributed by atoms with van der Waals surface area (Å²) in [7, 11) is -3.85. The fourth-order valence-electron chi connectivity index (χ4n) is 2.85. The summed E-state index contributed by atoms with van der Waals surface area (Å²) >= 11 is 5.81. The van der Waals surface area contributed by atoms with Gasteiger partial charge in [-0.15, -0.1) is 0 Å². The number of rotatable bonds is 8. The topological polar surface area (TPSA) is 97.6 Å². The summed E-state index contributed by atoms with van der Waals surface area (Å²) in [4.78, 5) is 12.4. The monoisotopic (exact) mass is 412 g/mol. The lowest BCUT2D eigenvalue weighted by Gasteiger charge is -2.17. The van der Waals surface area contributed by atoms with E-state index in [-0.39, 0.29) is 23.3 Å². The van der Waals surface area contributed by atoms with Crippen molar-refractivity contribution in [2.24, 2.45) is 0 Å². The van der Waals surface area contributed by atoms with Crippen LogP contribution in [-0.4, -0.2) is 33.6 Å². The SMILES string of the molecule is O=C(CC(NS(=O)(=O)c1ccc(Cl)cc1)c1ccco1)NCC1CCCO1. The molecule has 2 heterocycles. The molecular weight excluding hydrogens is 392 g/mol. The van der Waals surface area contributed by atoms with Gasteiger partial charge in [-0.1, -0.05) is 11.6 Å². The van der Waals surface area contributed by atoms with Gasteiger partial charge in [-0.3, -0.25) is 4.79 Å². The molecule has 0 bridgehead atoms. The van der Waals surface area contributed by atoms with Crippen LogP contribution in [0, 0.1) is 0 Å². The number of carbonyl (C=O) groups excluding carboxylic acids is 1. The van der Waals surface area contributed by atoms with Gasteiger partial charge in [0.05, 0.1) is 29.7 Å². The maximum absolute atomic E-state index is 12.7. The van der Waals surface area contributed by atoms with Crippen molar-refractivity contribution in [1.29, 1.82) is 0 Å². The third kappa shape index (κ3) is 5.55. The van der Waals surface area contributed by atoms with Crippen LogP contribution >= 0.6 is 11.6 Å². The van der Waals surface area contributed by atoms with Crippen molar-refractivity contribution in [2.75, 3.05) is 13.2 Å². The van der Waals surface area contributed by atoms with Gasteiger partial charge < -0.3 is 14.5 Å². The van der Waals surface area contributed by atoms with E-state index in [4.69, 9.17) is 20.8 Å². The maximum atomic E-state index is 12.7. The number of halogens is 1. The van der Waals surface area contributed by atoms with E-state index < -0.39 is 16.1 Å². The average molecular weight is 413 g/mol. The van der Waals surface area contributed by atoms with Crippen LogP contribution in [0.3, 0.4) is 0 Å². The van der Waals surface area contributed by atoms with E-state index in [0.717, 1.165) is 12.8 Å². The molecule has 7 nitrogen and oxygen atoms in total. The van der Waals surface area contributed by atoms with Crippen molar-refractivity contribution >= 4 is 27.5 Å². The predicted octanol–water partition coefficient (Wildman–Crippen LogP) is 2.64. The first-order valence-electron chi connectivity index (χ1n) is 8.63. The zero-order valence-electron chi connectivity index (χ0n) is 14.6. The van der Waals surface area contributed by atoms with E-state index >= 15 is 0 Å². The summed E-state index contributed by atoms with van der Waals surface area (Å²) in [6, 6.07) is 8.23. The molecule has 0 radical (unpaired) electrons. The van der Waals surface area contributed by atoms with Gasteiger partial charge in [-0.25, -0.2) is 8.42 Å². The lowest BCUT2D eigenvalue weighted by Crippen LogP contribution is -2.36. The predicted molar refractivity (Wildman–Crippen MR) is 99.8 cm³/mol. The molecule has 146 valence electrons. The fourth-order valence-corrected chi connectivity index (χ4v) is 4.18. The van der Waals surface area contributed by atoms with Crippen molar-refractivity contribution in [3.05, 3.63) is 53.4 Å². The van der Waals surface area contributed by atoms with Crippen LogP contribution in [0.25, 0.3) is 0 Å². The van der Waals surface area contributed by atoms with Gasteiger partial charge in [0.25, 0.3) is 0 Å². The molecule has 1 aromatic heterocycles. The highest BCUT2D eigenvalue weighted by atomic mass is 35.5. The molecule has 2 aromatic rings. The van der Waals surface area contributed by atoms with Gasteiger partial charge in [0, 0.05) is 18.2 Å². The number of hydrogen-bond acceptors (Lipinski definition) is 5. The summed E-state index contributed by atoms with van der Waals surface area (Å²) in [5.74, 6) is 0.0745. The number of amides is 1. The number of furan rings is 1. The molecule has 2 N–H and O–H groups in total. The molecule has 2 unspecified atom stereocenters. The van der Waals surface area contributed by atoms with Crippen molar-refractivity contribution in [2.45, 2.75) is 36.3 Å². The normalized spacial score (nSPS) is 18.3. The Morgan fingerprint density at radius 2 is 2.04 bits per heavy atom. The minimum Gasteiger partial charge on any atom is -0.468 e. The zero-order chi connectivity index (χ0) is 19.3. The summed E-state index contributed by atoms with van der Waals surface area (Å²) in [6.07, 6.45) is 3.25. The second-order valence-corrected chi connectivity index (χ2v) is 8.44. The Kier molecular flexibility index (Phi) is 6.54. The van der Waals surface area contributed by atoms with Crippen molar-refractivity contribution in [3.63, 3.8) is 0 Å². The van der Waals surface area contributed by atoms with Gasteiger partial charge in [-0.05, 0) is 49.2 Å². The van der Waals surface area contributed by atoms with Gasteiger partial charge in [-0.2, -0.15) is 4.72 Å². The van der Waals surface area contributed by atoms with Crippen LogP contribution in [0.1, 0.15) is 31.1 Å².